The summed E-state index contributed by atoms with van der Waals surface area (Å²) in [5.74, 6) is 0. The highest BCUT2D eigenvalue weighted by Gasteiger charge is 2.43. The number of ether oxygens (including phenoxy) is 1. The van der Waals surface area contributed by atoms with Gasteiger partial charge in [0.1, 0.15) is 0 Å². The molecule has 1 heterocycles. The molecule has 0 amide bonds. The summed E-state index contributed by atoms with van der Waals surface area (Å²) in [6.45, 7) is 16.3. The smallest absolute Gasteiger partial charge is 0.0890 e. The second-order valence-electron chi connectivity index (χ2n) is 7.19. The molecular weight excluding hydrogens is 248 g/mol. The summed E-state index contributed by atoms with van der Waals surface area (Å²) in [6.07, 6.45) is 0. The molecule has 2 rings (SSSR count). The molecule has 1 aliphatic rings. The van der Waals surface area contributed by atoms with E-state index in [1.54, 1.807) is 10.8 Å². The van der Waals surface area contributed by atoms with Crippen LogP contribution in [-0.2, 0) is 10.2 Å². The van der Waals surface area contributed by atoms with Gasteiger partial charge in [0, 0.05) is 5.41 Å². The molecule has 19 heavy (non-hydrogen) atoms. The van der Waals surface area contributed by atoms with E-state index in [9.17, 15) is 0 Å². The predicted molar refractivity (Wildman–Crippen MR) is 86.1 cm³/mol. The Hall–Kier alpha value is -0.603. The zero-order chi connectivity index (χ0) is 14.3. The van der Waals surface area contributed by atoms with Crippen molar-refractivity contribution >= 4 is 13.3 Å². The van der Waals surface area contributed by atoms with Crippen LogP contribution in [0, 0.1) is 0 Å². The topological polar surface area (TPSA) is 9.23 Å². The molecule has 1 fully saturated rings. The first-order valence-electron chi connectivity index (χ1n) is 7.50. The molecule has 0 aliphatic carbocycles. The van der Waals surface area contributed by atoms with Crippen LogP contribution in [0.1, 0.15) is 40.2 Å². The van der Waals surface area contributed by atoms with Gasteiger partial charge in [0.25, 0.3) is 0 Å². The molecule has 1 saturated heterocycles. The standard InChI is InChI=1S/C17H28OSi/c1-13(2)19(6,14(3)4)16-10-8-7-9-15(16)17(5)11-18-12-17/h7-10,13-14H,11-12H2,1-6H3. The van der Waals surface area contributed by atoms with Crippen LogP contribution < -0.4 is 5.19 Å². The molecule has 0 unspecified atom stereocenters. The second kappa shape index (κ2) is 5.06. The molecule has 0 atom stereocenters. The maximum atomic E-state index is 5.50. The Labute approximate surface area is 119 Å². The van der Waals surface area contributed by atoms with Gasteiger partial charge in [-0.3, -0.25) is 0 Å². The van der Waals surface area contributed by atoms with Crippen molar-refractivity contribution in [3.05, 3.63) is 29.8 Å². The molecule has 0 radical (unpaired) electrons. The van der Waals surface area contributed by atoms with Crippen molar-refractivity contribution in [2.24, 2.45) is 0 Å². The summed E-state index contributed by atoms with van der Waals surface area (Å²) in [5, 5.41) is 1.66. The molecule has 0 saturated carbocycles. The zero-order valence-electron chi connectivity index (χ0n) is 13.3. The summed E-state index contributed by atoms with van der Waals surface area (Å²) in [6, 6.07) is 9.15. The molecule has 0 bridgehead atoms. The normalized spacial score (nSPS) is 18.7. The average molecular weight is 276 g/mol. The van der Waals surface area contributed by atoms with Crippen LogP contribution in [0.5, 0.6) is 0 Å². The summed E-state index contributed by atoms with van der Waals surface area (Å²) in [5.41, 5.74) is 3.32. The molecule has 1 nitrogen and oxygen atoms in total. The van der Waals surface area contributed by atoms with Crippen molar-refractivity contribution in [2.75, 3.05) is 13.2 Å². The van der Waals surface area contributed by atoms with Crippen LogP contribution in [-0.4, -0.2) is 21.3 Å². The minimum Gasteiger partial charge on any atom is -0.379 e. The number of hydrogen-bond donors (Lipinski definition) is 0. The fraction of sp³-hybridized carbons (Fsp3) is 0.647. The van der Waals surface area contributed by atoms with E-state index in [0.29, 0.717) is 0 Å². The van der Waals surface area contributed by atoms with Crippen LogP contribution in [0.2, 0.25) is 17.6 Å². The number of benzene rings is 1. The van der Waals surface area contributed by atoms with E-state index in [-0.39, 0.29) is 5.41 Å². The molecule has 0 aromatic heterocycles. The molecule has 1 aromatic rings. The highest BCUT2D eigenvalue weighted by Crippen LogP contribution is 2.37. The first kappa shape index (κ1) is 14.8. The van der Waals surface area contributed by atoms with Gasteiger partial charge in [-0.15, -0.1) is 0 Å². The summed E-state index contributed by atoms with van der Waals surface area (Å²) in [4.78, 5) is 0. The first-order valence-corrected chi connectivity index (χ1v) is 10.2. The van der Waals surface area contributed by atoms with Crippen LogP contribution >= 0.6 is 0 Å². The van der Waals surface area contributed by atoms with E-state index in [1.807, 2.05) is 0 Å². The highest BCUT2D eigenvalue weighted by molar-refractivity contribution is 6.93. The quantitative estimate of drug-likeness (QED) is 0.753. The molecule has 2 heteroatoms. The van der Waals surface area contributed by atoms with Gasteiger partial charge >= 0.3 is 0 Å². The summed E-state index contributed by atoms with van der Waals surface area (Å²) >= 11 is 0. The van der Waals surface area contributed by atoms with Crippen LogP contribution in [0.15, 0.2) is 24.3 Å². The van der Waals surface area contributed by atoms with E-state index in [0.717, 1.165) is 24.3 Å². The lowest BCUT2D eigenvalue weighted by molar-refractivity contribution is -0.0495. The van der Waals surface area contributed by atoms with Crippen molar-refractivity contribution < 1.29 is 4.74 Å². The maximum Gasteiger partial charge on any atom is 0.0890 e. The van der Waals surface area contributed by atoms with E-state index in [2.05, 4.69) is 65.4 Å². The SMILES string of the molecule is CC(C)[Si](C)(c1ccccc1C1(C)COC1)C(C)C. The Bertz CT molecular complexity index is 438. The van der Waals surface area contributed by atoms with Gasteiger partial charge in [-0.2, -0.15) is 0 Å². The fourth-order valence-electron chi connectivity index (χ4n) is 3.33. The Morgan fingerprint density at radius 3 is 2.00 bits per heavy atom. The lowest BCUT2D eigenvalue weighted by Gasteiger charge is -2.45. The van der Waals surface area contributed by atoms with Crippen molar-refractivity contribution in [1.29, 1.82) is 0 Å². The molecule has 0 N–H and O–H groups in total. The van der Waals surface area contributed by atoms with Crippen LogP contribution in [0.25, 0.3) is 0 Å². The Balaban J connectivity index is 2.55. The minimum atomic E-state index is -1.47. The van der Waals surface area contributed by atoms with E-state index in [4.69, 9.17) is 4.74 Å². The van der Waals surface area contributed by atoms with Crippen molar-refractivity contribution in [2.45, 2.75) is 57.7 Å². The minimum absolute atomic E-state index is 0.245. The molecule has 1 aliphatic heterocycles. The van der Waals surface area contributed by atoms with Gasteiger partial charge < -0.3 is 4.74 Å². The average Bonchev–Trinajstić information content (AvgIpc) is 2.34. The fourth-order valence-corrected chi connectivity index (χ4v) is 7.33. The Morgan fingerprint density at radius 2 is 1.58 bits per heavy atom. The van der Waals surface area contributed by atoms with E-state index in [1.165, 1.54) is 0 Å². The van der Waals surface area contributed by atoms with Gasteiger partial charge in [0.2, 0.25) is 0 Å². The predicted octanol–water partition coefficient (Wildman–Crippen LogP) is 4.08. The van der Waals surface area contributed by atoms with Gasteiger partial charge in [-0.25, -0.2) is 0 Å². The monoisotopic (exact) mass is 276 g/mol. The van der Waals surface area contributed by atoms with Gasteiger partial charge in [0.15, 0.2) is 0 Å². The number of hydrogen-bond acceptors (Lipinski definition) is 1. The van der Waals surface area contributed by atoms with Crippen molar-refractivity contribution in [3.8, 4) is 0 Å². The van der Waals surface area contributed by atoms with Crippen LogP contribution in [0.3, 0.4) is 0 Å². The zero-order valence-corrected chi connectivity index (χ0v) is 14.3. The second-order valence-corrected chi connectivity index (χ2v) is 12.6. The van der Waals surface area contributed by atoms with Gasteiger partial charge in [0.05, 0.1) is 21.3 Å². The molecule has 1 aromatic carbocycles. The van der Waals surface area contributed by atoms with E-state index < -0.39 is 8.07 Å². The molecule has 106 valence electrons. The Morgan fingerprint density at radius 1 is 1.05 bits per heavy atom. The Kier molecular flexibility index (Phi) is 3.94. The van der Waals surface area contributed by atoms with Crippen LogP contribution in [0.4, 0.5) is 0 Å². The van der Waals surface area contributed by atoms with Crippen molar-refractivity contribution in [1.82, 2.24) is 0 Å². The highest BCUT2D eigenvalue weighted by atomic mass is 28.3. The lowest BCUT2D eigenvalue weighted by atomic mass is 9.81. The summed E-state index contributed by atoms with van der Waals surface area (Å²) < 4.78 is 5.50. The van der Waals surface area contributed by atoms with E-state index >= 15 is 0 Å². The van der Waals surface area contributed by atoms with Crippen molar-refractivity contribution in [3.63, 3.8) is 0 Å². The summed E-state index contributed by atoms with van der Waals surface area (Å²) in [7, 11) is -1.47. The first-order chi connectivity index (χ1) is 8.82. The third-order valence-electron chi connectivity index (χ3n) is 5.40. The van der Waals surface area contributed by atoms with Gasteiger partial charge in [-0.05, 0) is 16.6 Å². The third-order valence-corrected chi connectivity index (χ3v) is 11.8. The third kappa shape index (κ3) is 2.29. The lowest BCUT2D eigenvalue weighted by Crippen LogP contribution is -2.56. The molecular formula is C17H28OSi. The largest absolute Gasteiger partial charge is 0.379 e. The maximum absolute atomic E-state index is 5.50. The number of rotatable bonds is 4. The van der Waals surface area contributed by atoms with Gasteiger partial charge in [-0.1, -0.05) is 70.6 Å². The molecule has 0 spiro atoms.